The first-order valence-corrected chi connectivity index (χ1v) is 8.58. The lowest BCUT2D eigenvalue weighted by atomic mass is 9.94. The van der Waals surface area contributed by atoms with Gasteiger partial charge in [0.1, 0.15) is 0 Å². The third-order valence-corrected chi connectivity index (χ3v) is 4.80. The van der Waals surface area contributed by atoms with Gasteiger partial charge in [-0.15, -0.1) is 0 Å². The summed E-state index contributed by atoms with van der Waals surface area (Å²) in [5.41, 5.74) is 3.15. The minimum absolute atomic E-state index is 0.145. The van der Waals surface area contributed by atoms with Crippen LogP contribution in [0, 0.1) is 24.0 Å². The quantitative estimate of drug-likeness (QED) is 0.300. The number of carbonyl (C=O) groups is 2. The number of benzene rings is 3. The van der Waals surface area contributed by atoms with Crippen LogP contribution in [0.3, 0.4) is 0 Å². The van der Waals surface area contributed by atoms with Gasteiger partial charge in [0, 0.05) is 11.5 Å². The Balaban J connectivity index is 1.82. The van der Waals surface area contributed by atoms with E-state index in [4.69, 9.17) is 0 Å². The monoisotopic (exact) mass is 373 g/mol. The molecule has 0 atom stereocenters. The van der Waals surface area contributed by atoms with Crippen LogP contribution in [-0.4, -0.2) is 28.0 Å². The van der Waals surface area contributed by atoms with Gasteiger partial charge in [0.05, 0.1) is 27.7 Å². The van der Waals surface area contributed by atoms with Crippen molar-refractivity contribution in [1.29, 1.82) is 0 Å². The minimum Gasteiger partial charge on any atom is -0.267 e. The molecule has 0 saturated heterocycles. The lowest BCUT2D eigenvalue weighted by Gasteiger charge is -2.23. The maximum absolute atomic E-state index is 12.9. The molecule has 0 aromatic heterocycles. The molecule has 0 saturated carbocycles. The van der Waals surface area contributed by atoms with Crippen molar-refractivity contribution in [3.63, 3.8) is 0 Å². The highest BCUT2D eigenvalue weighted by Gasteiger charge is 2.34. The number of imide groups is 1. The average molecular weight is 373 g/mol. The molecule has 28 heavy (non-hydrogen) atoms. The summed E-state index contributed by atoms with van der Waals surface area (Å²) in [7, 11) is 0. The number of rotatable bonds is 3. The topological polar surface area (TPSA) is 92.9 Å². The Kier molecular flexibility index (Phi) is 4.00. The number of hydrogen-bond donors (Lipinski definition) is 0. The van der Waals surface area contributed by atoms with Crippen molar-refractivity contribution in [3.05, 3.63) is 86.5 Å². The number of carbonyl (C=O) groups excluding carboxylic acids is 2. The molecule has 1 heterocycles. The fraction of sp³-hybridized carbons (Fsp3) is 0.0952. The summed E-state index contributed by atoms with van der Waals surface area (Å²) in [6.07, 6.45) is 1.47. The maximum atomic E-state index is 12.9. The van der Waals surface area contributed by atoms with Gasteiger partial charge in [-0.1, -0.05) is 29.8 Å². The van der Waals surface area contributed by atoms with Gasteiger partial charge < -0.3 is 0 Å². The molecule has 0 radical (unpaired) electrons. The average Bonchev–Trinajstić information content (AvgIpc) is 2.66. The predicted molar refractivity (Wildman–Crippen MR) is 105 cm³/mol. The lowest BCUT2D eigenvalue weighted by Crippen LogP contribution is -2.36. The first-order chi connectivity index (χ1) is 13.4. The van der Waals surface area contributed by atoms with Crippen LogP contribution in [0.15, 0.2) is 53.6 Å². The van der Waals surface area contributed by atoms with Gasteiger partial charge in [0.15, 0.2) is 0 Å². The van der Waals surface area contributed by atoms with Crippen molar-refractivity contribution >= 4 is 34.5 Å². The fourth-order valence-corrected chi connectivity index (χ4v) is 3.42. The molecule has 0 spiro atoms. The van der Waals surface area contributed by atoms with Crippen LogP contribution < -0.4 is 0 Å². The first kappa shape index (κ1) is 17.5. The van der Waals surface area contributed by atoms with Crippen molar-refractivity contribution in [2.75, 3.05) is 0 Å². The van der Waals surface area contributed by atoms with E-state index in [-0.39, 0.29) is 22.2 Å². The Morgan fingerprint density at radius 2 is 1.71 bits per heavy atom. The van der Waals surface area contributed by atoms with Gasteiger partial charge >= 0.3 is 0 Å². The second kappa shape index (κ2) is 6.38. The van der Waals surface area contributed by atoms with E-state index in [0.29, 0.717) is 5.39 Å². The van der Waals surface area contributed by atoms with Crippen LogP contribution in [0.2, 0.25) is 0 Å². The molecule has 1 aliphatic heterocycles. The number of aryl methyl sites for hydroxylation is 2. The molecule has 0 aliphatic carbocycles. The first-order valence-electron chi connectivity index (χ1n) is 8.58. The molecule has 2 amide bonds. The maximum Gasteiger partial charge on any atom is 0.282 e. The summed E-state index contributed by atoms with van der Waals surface area (Å²) < 4.78 is 0. The molecule has 3 aromatic carbocycles. The Labute approximate surface area is 160 Å². The highest BCUT2D eigenvalue weighted by molar-refractivity contribution is 6.26. The van der Waals surface area contributed by atoms with E-state index in [0.717, 1.165) is 21.7 Å². The molecule has 3 aromatic rings. The van der Waals surface area contributed by atoms with E-state index in [1.165, 1.54) is 24.4 Å². The summed E-state index contributed by atoms with van der Waals surface area (Å²) in [5.74, 6) is -1.21. The van der Waals surface area contributed by atoms with Crippen molar-refractivity contribution in [2.24, 2.45) is 5.10 Å². The van der Waals surface area contributed by atoms with Gasteiger partial charge in [-0.05, 0) is 43.2 Å². The zero-order valence-corrected chi connectivity index (χ0v) is 15.2. The number of hydrogen-bond acceptors (Lipinski definition) is 5. The second-order valence-electron chi connectivity index (χ2n) is 6.64. The predicted octanol–water partition coefficient (Wildman–Crippen LogP) is 3.99. The summed E-state index contributed by atoms with van der Waals surface area (Å²) in [5, 5.41) is 16.8. The Hall–Kier alpha value is -3.87. The van der Waals surface area contributed by atoms with Crippen molar-refractivity contribution in [3.8, 4) is 0 Å². The summed E-state index contributed by atoms with van der Waals surface area (Å²) in [6.45, 7) is 3.89. The number of hydrazone groups is 1. The minimum atomic E-state index is -0.607. The van der Waals surface area contributed by atoms with E-state index in [1.54, 1.807) is 12.1 Å². The van der Waals surface area contributed by atoms with Gasteiger partial charge in [-0.25, -0.2) is 0 Å². The largest absolute Gasteiger partial charge is 0.282 e. The third kappa shape index (κ3) is 2.64. The number of nitro benzene ring substituents is 1. The number of non-ortho nitro benzene ring substituents is 1. The van der Waals surface area contributed by atoms with E-state index in [1.807, 2.05) is 32.0 Å². The Morgan fingerprint density at radius 3 is 2.39 bits per heavy atom. The van der Waals surface area contributed by atoms with E-state index < -0.39 is 16.7 Å². The molecule has 0 N–H and O–H groups in total. The second-order valence-corrected chi connectivity index (χ2v) is 6.64. The number of amides is 2. The standard InChI is InChI=1S/C21H15N3O4/c1-12-6-7-14(13(2)10-12)11-22-23-20(25)16-5-3-4-15-18(24(27)28)9-8-17(19(15)16)21(23)26/h3-11H,1-2H3/b22-11-. The van der Waals surface area contributed by atoms with Crippen molar-refractivity contribution < 1.29 is 14.5 Å². The highest BCUT2D eigenvalue weighted by atomic mass is 16.6. The van der Waals surface area contributed by atoms with Crippen molar-refractivity contribution in [2.45, 2.75) is 13.8 Å². The van der Waals surface area contributed by atoms with Gasteiger partial charge in [0.25, 0.3) is 17.5 Å². The summed E-state index contributed by atoms with van der Waals surface area (Å²) in [4.78, 5) is 36.5. The van der Waals surface area contributed by atoms with Gasteiger partial charge in [-0.3, -0.25) is 19.7 Å². The molecule has 0 fully saturated rings. The molecule has 1 aliphatic rings. The van der Waals surface area contributed by atoms with E-state index in [2.05, 4.69) is 5.10 Å². The zero-order chi connectivity index (χ0) is 20.0. The van der Waals surface area contributed by atoms with Crippen LogP contribution in [-0.2, 0) is 0 Å². The lowest BCUT2D eigenvalue weighted by molar-refractivity contribution is -0.383. The molecule has 7 nitrogen and oxygen atoms in total. The Bertz CT molecular complexity index is 1190. The molecular formula is C21H15N3O4. The van der Waals surface area contributed by atoms with Crippen molar-refractivity contribution in [1.82, 2.24) is 5.01 Å². The smallest absolute Gasteiger partial charge is 0.267 e. The number of nitro groups is 1. The summed E-state index contributed by atoms with van der Waals surface area (Å²) in [6, 6.07) is 13.1. The zero-order valence-electron chi connectivity index (χ0n) is 15.2. The summed E-state index contributed by atoms with van der Waals surface area (Å²) >= 11 is 0. The molecule has 138 valence electrons. The fourth-order valence-electron chi connectivity index (χ4n) is 3.42. The van der Waals surface area contributed by atoms with E-state index in [9.17, 15) is 19.7 Å². The van der Waals surface area contributed by atoms with Crippen LogP contribution in [0.25, 0.3) is 10.8 Å². The van der Waals surface area contributed by atoms with E-state index >= 15 is 0 Å². The molecule has 7 heteroatoms. The third-order valence-electron chi connectivity index (χ3n) is 4.80. The normalized spacial score (nSPS) is 13.6. The van der Waals surface area contributed by atoms with Crippen LogP contribution >= 0.6 is 0 Å². The van der Waals surface area contributed by atoms with Crippen LogP contribution in [0.1, 0.15) is 37.4 Å². The molecule has 0 bridgehead atoms. The SMILES string of the molecule is Cc1ccc(/C=N\N2C(=O)c3cccc4c([N+](=O)[O-])ccc(c34)C2=O)c(C)c1. The highest BCUT2D eigenvalue weighted by Crippen LogP contribution is 2.35. The molecule has 4 rings (SSSR count). The van der Waals surface area contributed by atoms with Crippen LogP contribution in [0.5, 0.6) is 0 Å². The van der Waals surface area contributed by atoms with Gasteiger partial charge in [-0.2, -0.15) is 10.1 Å². The Morgan fingerprint density at radius 1 is 1.00 bits per heavy atom. The number of nitrogens with zero attached hydrogens (tertiary/aromatic N) is 3. The molecule has 0 unspecified atom stereocenters. The van der Waals surface area contributed by atoms with Crippen LogP contribution in [0.4, 0.5) is 5.69 Å². The van der Waals surface area contributed by atoms with Gasteiger partial charge in [0.2, 0.25) is 0 Å². The molecular weight excluding hydrogens is 358 g/mol.